The van der Waals surface area contributed by atoms with E-state index in [0.717, 1.165) is 25.7 Å². The van der Waals surface area contributed by atoms with Crippen LogP contribution in [0.1, 0.15) is 38.5 Å². The third kappa shape index (κ3) is 3.92. The summed E-state index contributed by atoms with van der Waals surface area (Å²) in [6.45, 7) is 2.99. The maximum atomic E-state index is 13.7. The van der Waals surface area contributed by atoms with Gasteiger partial charge in [0, 0.05) is 39.1 Å². The van der Waals surface area contributed by atoms with Gasteiger partial charge in [-0.25, -0.2) is 4.57 Å². The monoisotopic (exact) mass is 438 g/mol. The first-order chi connectivity index (χ1) is 14.6. The number of hydrogen-bond donors (Lipinski definition) is 1. The number of para-hydroxylation sites is 1. The van der Waals surface area contributed by atoms with Crippen molar-refractivity contribution in [2.75, 3.05) is 32.7 Å². The number of nitrogens with zero attached hydrogens (tertiary/aromatic N) is 6. The van der Waals surface area contributed by atoms with Gasteiger partial charge in [-0.05, 0) is 44.2 Å². The molecule has 0 bridgehead atoms. The molecule has 3 fully saturated rings. The molecule has 0 radical (unpaired) electrons. The van der Waals surface area contributed by atoms with Crippen LogP contribution < -0.4 is 0 Å². The van der Waals surface area contributed by atoms with Gasteiger partial charge < -0.3 is 5.11 Å². The van der Waals surface area contributed by atoms with E-state index in [9.17, 15) is 9.67 Å². The van der Waals surface area contributed by atoms with E-state index in [0.29, 0.717) is 56.6 Å². The molecule has 3 aliphatic rings. The standard InChI is InChI=1S/C18H27N6O5P/c25-18(24-17-9-2-1-8-16(17)19-20-24)10-7-15-23(18)29-30(26,27-21-11-3-4-12-21)28-22-13-5-6-14-22/h1-2,8-9,25H,3-7,10-15H2. The van der Waals surface area contributed by atoms with Gasteiger partial charge in [0.05, 0.1) is 5.52 Å². The second kappa shape index (κ2) is 8.25. The van der Waals surface area contributed by atoms with Gasteiger partial charge in [0.25, 0.3) is 0 Å². The summed E-state index contributed by atoms with van der Waals surface area (Å²) in [4.78, 5) is 0. The van der Waals surface area contributed by atoms with Crippen molar-refractivity contribution < 1.29 is 23.5 Å². The number of hydrogen-bond acceptors (Lipinski definition) is 10. The molecule has 0 amide bonds. The minimum absolute atomic E-state index is 0.341. The Kier molecular flexibility index (Phi) is 5.63. The van der Waals surface area contributed by atoms with Crippen molar-refractivity contribution in [3.63, 3.8) is 0 Å². The first-order valence-corrected chi connectivity index (χ1v) is 12.0. The summed E-state index contributed by atoms with van der Waals surface area (Å²) in [7, 11) is -4.05. The number of hydroxylamine groups is 6. The zero-order valence-electron chi connectivity index (χ0n) is 16.8. The van der Waals surface area contributed by atoms with Crippen LogP contribution in [0.3, 0.4) is 0 Å². The van der Waals surface area contributed by atoms with Crippen LogP contribution >= 0.6 is 7.82 Å². The lowest BCUT2D eigenvalue weighted by Gasteiger charge is -2.35. The third-order valence-corrected chi connectivity index (χ3v) is 6.98. The second-order valence-corrected chi connectivity index (χ2v) is 9.32. The van der Waals surface area contributed by atoms with Gasteiger partial charge in [-0.1, -0.05) is 17.3 Å². The van der Waals surface area contributed by atoms with Crippen LogP contribution in [0, 0.1) is 0 Å². The minimum atomic E-state index is -4.05. The average Bonchev–Trinajstić information content (AvgIpc) is 3.51. The van der Waals surface area contributed by atoms with E-state index in [1.54, 1.807) is 10.1 Å². The van der Waals surface area contributed by atoms with E-state index in [4.69, 9.17) is 13.9 Å². The second-order valence-electron chi connectivity index (χ2n) is 7.93. The SMILES string of the molecule is O=P(ON1CCCC1)(ON1CCCC1)ON1CCCC1(O)n1nnc2ccccc21. The van der Waals surface area contributed by atoms with Crippen LogP contribution in [-0.4, -0.2) is 68.0 Å². The van der Waals surface area contributed by atoms with E-state index in [1.165, 1.54) is 9.75 Å². The number of phosphoric acid groups is 1. The fourth-order valence-electron chi connectivity index (χ4n) is 4.20. The highest BCUT2D eigenvalue weighted by Crippen LogP contribution is 2.55. The van der Waals surface area contributed by atoms with Crippen molar-refractivity contribution in [3.05, 3.63) is 24.3 Å². The fourth-order valence-corrected chi connectivity index (χ4v) is 5.64. The molecule has 1 N–H and O–H groups in total. The van der Waals surface area contributed by atoms with Crippen molar-refractivity contribution in [3.8, 4) is 0 Å². The maximum absolute atomic E-state index is 13.7. The molecule has 0 saturated carbocycles. The molecule has 0 aliphatic carbocycles. The molecule has 164 valence electrons. The summed E-state index contributed by atoms with van der Waals surface area (Å²) in [6.07, 6.45) is 4.81. The number of aromatic nitrogens is 3. The number of aliphatic hydroxyl groups is 1. The molecular formula is C18H27N6O5P. The van der Waals surface area contributed by atoms with Crippen molar-refractivity contribution in [1.82, 2.24) is 30.2 Å². The Morgan fingerprint density at radius 3 is 2.20 bits per heavy atom. The van der Waals surface area contributed by atoms with E-state index in [2.05, 4.69) is 10.3 Å². The first-order valence-electron chi connectivity index (χ1n) is 10.6. The molecule has 5 rings (SSSR count). The largest absolute Gasteiger partial charge is 0.525 e. The molecule has 1 unspecified atom stereocenters. The molecule has 30 heavy (non-hydrogen) atoms. The average molecular weight is 438 g/mol. The number of fused-ring (bicyclic) bond motifs is 1. The van der Waals surface area contributed by atoms with E-state index in [1.807, 2.05) is 24.3 Å². The van der Waals surface area contributed by atoms with Gasteiger partial charge in [-0.2, -0.15) is 28.7 Å². The van der Waals surface area contributed by atoms with Gasteiger partial charge in [0.15, 0.2) is 0 Å². The van der Waals surface area contributed by atoms with E-state index < -0.39 is 13.7 Å². The van der Waals surface area contributed by atoms with E-state index >= 15 is 0 Å². The van der Waals surface area contributed by atoms with Gasteiger partial charge in [0.2, 0.25) is 5.85 Å². The normalized spacial score (nSPS) is 27.0. The molecule has 4 heterocycles. The van der Waals surface area contributed by atoms with Crippen LogP contribution in [-0.2, 0) is 24.3 Å². The van der Waals surface area contributed by atoms with E-state index in [-0.39, 0.29) is 0 Å². The highest BCUT2D eigenvalue weighted by molar-refractivity contribution is 7.48. The molecule has 3 aliphatic heterocycles. The number of benzene rings is 1. The zero-order chi connectivity index (χ0) is 20.6. The highest BCUT2D eigenvalue weighted by atomic mass is 31.2. The van der Waals surface area contributed by atoms with Crippen LogP contribution in [0.25, 0.3) is 11.0 Å². The predicted molar refractivity (Wildman–Crippen MR) is 106 cm³/mol. The smallest absolute Gasteiger partial charge is 0.355 e. The maximum Gasteiger partial charge on any atom is 0.525 e. The summed E-state index contributed by atoms with van der Waals surface area (Å²) >= 11 is 0. The molecule has 1 aromatic carbocycles. The lowest BCUT2D eigenvalue weighted by atomic mass is 10.2. The molecule has 12 heteroatoms. The van der Waals surface area contributed by atoms with Crippen molar-refractivity contribution in [2.45, 2.75) is 44.4 Å². The Hall–Kier alpha value is -1.43. The number of rotatable bonds is 7. The topological polar surface area (TPSA) is 105 Å². The molecule has 0 spiro atoms. The Bertz CT molecular complexity index is 909. The van der Waals surface area contributed by atoms with Crippen molar-refractivity contribution in [2.24, 2.45) is 0 Å². The predicted octanol–water partition coefficient (Wildman–Crippen LogP) is 2.22. The van der Waals surface area contributed by atoms with Crippen molar-refractivity contribution >= 4 is 18.9 Å². The summed E-state index contributed by atoms with van der Waals surface area (Å²) < 4.78 is 32.3. The molecule has 2 aromatic rings. The Morgan fingerprint density at radius 2 is 1.53 bits per heavy atom. The quantitative estimate of drug-likeness (QED) is 0.647. The summed E-state index contributed by atoms with van der Waals surface area (Å²) in [5, 5.41) is 24.3. The fraction of sp³-hybridized carbons (Fsp3) is 0.667. The van der Waals surface area contributed by atoms with Crippen LogP contribution in [0.5, 0.6) is 0 Å². The summed E-state index contributed by atoms with van der Waals surface area (Å²) in [5.41, 5.74) is 1.31. The van der Waals surface area contributed by atoms with Gasteiger partial charge in [-0.15, -0.1) is 10.2 Å². The minimum Gasteiger partial charge on any atom is -0.355 e. The van der Waals surface area contributed by atoms with Gasteiger partial charge in [-0.3, -0.25) is 0 Å². The third-order valence-electron chi connectivity index (χ3n) is 5.72. The summed E-state index contributed by atoms with van der Waals surface area (Å²) in [5.74, 6) is -1.64. The highest BCUT2D eigenvalue weighted by Gasteiger charge is 2.49. The summed E-state index contributed by atoms with van der Waals surface area (Å²) in [6, 6.07) is 7.35. The zero-order valence-corrected chi connectivity index (χ0v) is 17.7. The Labute approximate surface area is 174 Å². The molecular weight excluding hydrogens is 411 g/mol. The lowest BCUT2D eigenvalue weighted by molar-refractivity contribution is -0.288. The molecule has 3 saturated heterocycles. The van der Waals surface area contributed by atoms with Crippen LogP contribution in [0.4, 0.5) is 0 Å². The molecule has 1 aromatic heterocycles. The Balaban J connectivity index is 1.41. The first kappa shape index (κ1) is 20.5. The Morgan fingerprint density at radius 1 is 0.900 bits per heavy atom. The van der Waals surface area contributed by atoms with Crippen LogP contribution in [0.15, 0.2) is 24.3 Å². The van der Waals surface area contributed by atoms with Crippen molar-refractivity contribution in [1.29, 1.82) is 0 Å². The lowest BCUT2D eigenvalue weighted by Crippen LogP contribution is -2.46. The van der Waals surface area contributed by atoms with Gasteiger partial charge >= 0.3 is 7.82 Å². The van der Waals surface area contributed by atoms with Crippen LogP contribution in [0.2, 0.25) is 0 Å². The molecule has 1 atom stereocenters. The molecule has 11 nitrogen and oxygen atoms in total. The van der Waals surface area contributed by atoms with Gasteiger partial charge in [0.1, 0.15) is 5.52 Å².